The minimum Gasteiger partial charge on any atom is -0.336 e. The number of nitrogens with one attached hydrogen (secondary N) is 1. The number of hydrogen-bond acceptors (Lipinski definition) is 3. The second kappa shape index (κ2) is 6.00. The van der Waals surface area contributed by atoms with Crippen molar-refractivity contribution in [1.82, 2.24) is 24.8 Å². The minimum atomic E-state index is 0.00989. The molecule has 0 spiro atoms. The number of fused-ring (bicyclic) bond motifs is 2. The smallest absolute Gasteiger partial charge is 0.317 e. The molecule has 2 aliphatic carbocycles. The van der Waals surface area contributed by atoms with E-state index >= 15 is 0 Å². The lowest BCUT2D eigenvalue weighted by Crippen LogP contribution is -2.27. The topological polar surface area (TPSA) is 62.5 Å². The van der Waals surface area contributed by atoms with Gasteiger partial charge in [0.15, 0.2) is 5.65 Å². The average molecular weight is 339 g/mol. The molecular weight excluding hydrogens is 314 g/mol. The van der Waals surface area contributed by atoms with Gasteiger partial charge in [-0.25, -0.2) is 14.3 Å². The van der Waals surface area contributed by atoms with Crippen LogP contribution < -0.4 is 5.32 Å². The van der Waals surface area contributed by atoms with Crippen LogP contribution in [0.1, 0.15) is 43.4 Å². The summed E-state index contributed by atoms with van der Waals surface area (Å²) < 4.78 is 1.87. The van der Waals surface area contributed by atoms with Crippen molar-refractivity contribution >= 4 is 11.7 Å². The molecule has 3 aliphatic rings. The fourth-order valence-electron chi connectivity index (χ4n) is 5.18. The number of urea groups is 1. The second-order valence-electron chi connectivity index (χ2n) is 8.04. The third-order valence-electron chi connectivity index (χ3n) is 6.33. The van der Waals surface area contributed by atoms with Crippen molar-refractivity contribution in [3.05, 3.63) is 29.7 Å². The number of hydrogen-bond donors (Lipinski definition) is 1. The first-order chi connectivity index (χ1) is 12.2. The lowest BCUT2D eigenvalue weighted by Gasteiger charge is -2.13. The van der Waals surface area contributed by atoms with Crippen molar-refractivity contribution in [2.45, 2.75) is 45.1 Å². The van der Waals surface area contributed by atoms with Crippen LogP contribution in [-0.2, 0) is 13.0 Å². The number of rotatable bonds is 4. The number of imidazole rings is 1. The second-order valence-corrected chi connectivity index (χ2v) is 8.04. The van der Waals surface area contributed by atoms with Crippen molar-refractivity contribution < 1.29 is 4.79 Å². The Morgan fingerprint density at radius 3 is 2.84 bits per heavy atom. The van der Waals surface area contributed by atoms with Crippen LogP contribution in [0.25, 0.3) is 5.65 Å². The molecule has 6 nitrogen and oxygen atoms in total. The van der Waals surface area contributed by atoms with Crippen LogP contribution in [0.2, 0.25) is 0 Å². The molecule has 1 saturated heterocycles. The quantitative estimate of drug-likeness (QED) is 0.931. The van der Waals surface area contributed by atoms with Crippen LogP contribution >= 0.6 is 0 Å². The normalized spacial score (nSPS) is 28.7. The van der Waals surface area contributed by atoms with E-state index in [1.165, 1.54) is 32.1 Å². The van der Waals surface area contributed by atoms with Crippen molar-refractivity contribution in [2.75, 3.05) is 13.1 Å². The van der Waals surface area contributed by atoms with Gasteiger partial charge in [-0.05, 0) is 48.6 Å². The summed E-state index contributed by atoms with van der Waals surface area (Å²) in [6.07, 6.45) is 12.1. The zero-order chi connectivity index (χ0) is 16.8. The molecular formula is C19H25N5O. The highest BCUT2D eigenvalue weighted by Crippen LogP contribution is 2.47. The van der Waals surface area contributed by atoms with E-state index in [9.17, 15) is 4.79 Å². The molecule has 6 heteroatoms. The molecule has 0 aromatic carbocycles. The van der Waals surface area contributed by atoms with Crippen LogP contribution in [-0.4, -0.2) is 38.6 Å². The van der Waals surface area contributed by atoms with Crippen LogP contribution in [0, 0.1) is 17.8 Å². The van der Waals surface area contributed by atoms with Gasteiger partial charge < -0.3 is 10.2 Å². The maximum Gasteiger partial charge on any atom is 0.317 e. The van der Waals surface area contributed by atoms with E-state index in [0.29, 0.717) is 6.54 Å². The van der Waals surface area contributed by atoms with E-state index in [1.807, 2.05) is 15.6 Å². The van der Waals surface area contributed by atoms with E-state index < -0.39 is 0 Å². The summed E-state index contributed by atoms with van der Waals surface area (Å²) in [7, 11) is 0. The molecule has 2 aromatic rings. The van der Waals surface area contributed by atoms with Gasteiger partial charge in [0, 0.05) is 19.6 Å². The van der Waals surface area contributed by atoms with Crippen LogP contribution in [0.4, 0.5) is 4.79 Å². The van der Waals surface area contributed by atoms with E-state index in [-0.39, 0.29) is 6.03 Å². The first-order valence-electron chi connectivity index (χ1n) is 9.60. The van der Waals surface area contributed by atoms with Gasteiger partial charge in [-0.3, -0.25) is 0 Å². The highest BCUT2D eigenvalue weighted by Gasteiger charge is 2.37. The SMILES string of the molecule is O=C1NCCN1Cc1cnn2cc(CC3CC4CCCC4C3)nc2c1. The Labute approximate surface area is 147 Å². The Kier molecular flexibility index (Phi) is 3.64. The summed E-state index contributed by atoms with van der Waals surface area (Å²) in [5.41, 5.74) is 3.09. The molecule has 25 heavy (non-hydrogen) atoms. The van der Waals surface area contributed by atoms with E-state index in [2.05, 4.69) is 22.7 Å². The Balaban J connectivity index is 1.29. The number of amides is 2. The van der Waals surface area contributed by atoms with Crippen molar-refractivity contribution in [1.29, 1.82) is 0 Å². The zero-order valence-corrected chi connectivity index (χ0v) is 14.5. The highest BCUT2D eigenvalue weighted by atomic mass is 16.2. The van der Waals surface area contributed by atoms with Crippen molar-refractivity contribution in [2.24, 2.45) is 17.8 Å². The maximum atomic E-state index is 11.7. The first kappa shape index (κ1) is 15.2. The Hall–Kier alpha value is -2.11. The Morgan fingerprint density at radius 2 is 2.08 bits per heavy atom. The fraction of sp³-hybridized carbons (Fsp3) is 0.632. The zero-order valence-electron chi connectivity index (χ0n) is 14.5. The van der Waals surface area contributed by atoms with E-state index in [4.69, 9.17) is 4.98 Å². The molecule has 2 aromatic heterocycles. The Morgan fingerprint density at radius 1 is 1.24 bits per heavy atom. The van der Waals surface area contributed by atoms with Crippen molar-refractivity contribution in [3.63, 3.8) is 0 Å². The summed E-state index contributed by atoms with van der Waals surface area (Å²) in [6, 6.07) is 2.07. The maximum absolute atomic E-state index is 11.7. The number of carbonyl (C=O) groups excluding carboxylic acids is 1. The third kappa shape index (κ3) is 2.87. The van der Waals surface area contributed by atoms with Gasteiger partial charge in [-0.2, -0.15) is 5.10 Å². The minimum absolute atomic E-state index is 0.00989. The molecule has 2 saturated carbocycles. The molecule has 2 atom stereocenters. The van der Waals surface area contributed by atoms with Gasteiger partial charge in [-0.1, -0.05) is 19.3 Å². The summed E-state index contributed by atoms with van der Waals surface area (Å²) in [4.78, 5) is 18.3. The molecule has 132 valence electrons. The van der Waals surface area contributed by atoms with Gasteiger partial charge >= 0.3 is 6.03 Å². The highest BCUT2D eigenvalue weighted by molar-refractivity contribution is 5.76. The standard InChI is InChI=1S/C19H25N5O/c25-19-20-4-5-23(19)11-14-9-18-22-17(12-24(18)21-10-14)8-13-6-15-2-1-3-16(15)7-13/h9-10,12-13,15-16H,1-8,11H2,(H,20,25). The lowest BCUT2D eigenvalue weighted by atomic mass is 9.98. The number of aromatic nitrogens is 3. The molecule has 3 heterocycles. The molecule has 2 amide bonds. The van der Waals surface area contributed by atoms with Crippen LogP contribution in [0.15, 0.2) is 18.5 Å². The molecule has 1 aliphatic heterocycles. The van der Waals surface area contributed by atoms with Gasteiger partial charge in [-0.15, -0.1) is 0 Å². The summed E-state index contributed by atoms with van der Waals surface area (Å²) in [5, 5.41) is 7.33. The third-order valence-corrected chi connectivity index (χ3v) is 6.33. The fourth-order valence-corrected chi connectivity index (χ4v) is 5.18. The van der Waals surface area contributed by atoms with E-state index in [1.54, 1.807) is 0 Å². The average Bonchev–Trinajstić information content (AvgIpc) is 3.32. The van der Waals surface area contributed by atoms with Crippen molar-refractivity contribution in [3.8, 4) is 0 Å². The summed E-state index contributed by atoms with van der Waals surface area (Å²) >= 11 is 0. The van der Waals surface area contributed by atoms with Crippen LogP contribution in [0.3, 0.4) is 0 Å². The van der Waals surface area contributed by atoms with E-state index in [0.717, 1.165) is 54.2 Å². The largest absolute Gasteiger partial charge is 0.336 e. The number of carbonyl (C=O) groups is 1. The molecule has 0 radical (unpaired) electrons. The van der Waals surface area contributed by atoms with Gasteiger partial charge in [0.05, 0.1) is 18.1 Å². The predicted molar refractivity (Wildman–Crippen MR) is 94.1 cm³/mol. The number of nitrogens with zero attached hydrogens (tertiary/aromatic N) is 4. The molecule has 2 unspecified atom stereocenters. The van der Waals surface area contributed by atoms with Gasteiger partial charge in [0.1, 0.15) is 0 Å². The molecule has 0 bridgehead atoms. The Bertz CT molecular complexity index is 788. The lowest BCUT2D eigenvalue weighted by molar-refractivity contribution is 0.215. The van der Waals surface area contributed by atoms with Gasteiger partial charge in [0.25, 0.3) is 0 Å². The molecule has 5 rings (SSSR count). The molecule has 3 fully saturated rings. The van der Waals surface area contributed by atoms with Gasteiger partial charge in [0.2, 0.25) is 0 Å². The summed E-state index contributed by atoms with van der Waals surface area (Å²) in [6.45, 7) is 2.09. The van der Waals surface area contributed by atoms with Crippen LogP contribution in [0.5, 0.6) is 0 Å². The monoisotopic (exact) mass is 339 g/mol. The molecule has 1 N–H and O–H groups in total. The predicted octanol–water partition coefficient (Wildman–Crippen LogP) is 2.62. The summed E-state index contributed by atoms with van der Waals surface area (Å²) in [5.74, 6) is 2.77. The first-order valence-corrected chi connectivity index (χ1v) is 9.60.